The summed E-state index contributed by atoms with van der Waals surface area (Å²) in [5.74, 6) is -0.118. The third-order valence-electron chi connectivity index (χ3n) is 2.78. The van der Waals surface area contributed by atoms with E-state index in [1.165, 1.54) is 12.8 Å². The van der Waals surface area contributed by atoms with Crippen LogP contribution < -0.4 is 5.32 Å². The van der Waals surface area contributed by atoms with E-state index in [0.29, 0.717) is 6.04 Å². The minimum atomic E-state index is -0.118. The Morgan fingerprint density at radius 3 is 2.79 bits per heavy atom. The lowest BCUT2D eigenvalue weighted by Gasteiger charge is -2.24. The minimum absolute atomic E-state index is 0.118. The van der Waals surface area contributed by atoms with Gasteiger partial charge >= 0.3 is 0 Å². The van der Waals surface area contributed by atoms with E-state index < -0.39 is 0 Å². The molecule has 1 atom stereocenters. The van der Waals surface area contributed by atoms with Crippen LogP contribution in [0.2, 0.25) is 0 Å². The summed E-state index contributed by atoms with van der Waals surface area (Å²) in [6.45, 7) is 3.00. The number of halogens is 1. The highest BCUT2D eigenvalue weighted by Gasteiger charge is 2.15. The Morgan fingerprint density at radius 2 is 2.14 bits per heavy atom. The van der Waals surface area contributed by atoms with Crippen LogP contribution in [0.25, 0.3) is 0 Å². The number of nitrogens with one attached hydrogen (secondary N) is 1. The van der Waals surface area contributed by atoms with E-state index in [0.717, 1.165) is 24.1 Å². The van der Waals surface area contributed by atoms with Crippen molar-refractivity contribution in [3.63, 3.8) is 0 Å². The van der Waals surface area contributed by atoms with Gasteiger partial charge in [-0.1, -0.05) is 12.5 Å². The molecular formula is C12H16FN. The van der Waals surface area contributed by atoms with Crippen molar-refractivity contribution in [2.45, 2.75) is 32.2 Å². The first-order chi connectivity index (χ1) is 6.75. The van der Waals surface area contributed by atoms with Crippen LogP contribution in [0.5, 0.6) is 0 Å². The highest BCUT2D eigenvalue weighted by atomic mass is 19.1. The third kappa shape index (κ3) is 2.13. The van der Waals surface area contributed by atoms with Gasteiger partial charge < -0.3 is 5.32 Å². The molecule has 2 rings (SSSR count). The van der Waals surface area contributed by atoms with Crippen LogP contribution in [0.15, 0.2) is 18.2 Å². The fraction of sp³-hybridized carbons (Fsp3) is 0.500. The van der Waals surface area contributed by atoms with E-state index in [1.807, 2.05) is 6.92 Å². The molecule has 1 unspecified atom stereocenters. The summed E-state index contributed by atoms with van der Waals surface area (Å²) >= 11 is 0. The topological polar surface area (TPSA) is 12.0 Å². The van der Waals surface area contributed by atoms with Crippen LogP contribution in [0.1, 0.15) is 36.4 Å². The summed E-state index contributed by atoms with van der Waals surface area (Å²) in [6, 6.07) is 5.66. The van der Waals surface area contributed by atoms with Gasteiger partial charge in [0.2, 0.25) is 0 Å². The van der Waals surface area contributed by atoms with Gasteiger partial charge in [0.1, 0.15) is 5.82 Å². The first kappa shape index (κ1) is 9.66. The molecule has 0 spiro atoms. The van der Waals surface area contributed by atoms with Crippen molar-refractivity contribution in [2.75, 3.05) is 6.54 Å². The predicted octanol–water partition coefficient (Wildman–Crippen LogP) is 2.95. The molecule has 0 radical (unpaired) electrons. The van der Waals surface area contributed by atoms with Crippen LogP contribution >= 0.6 is 0 Å². The van der Waals surface area contributed by atoms with Crippen molar-refractivity contribution in [3.8, 4) is 0 Å². The third-order valence-corrected chi connectivity index (χ3v) is 2.78. The smallest absolute Gasteiger partial charge is 0.123 e. The number of piperidine rings is 1. The van der Waals surface area contributed by atoms with Crippen LogP contribution in [0.3, 0.4) is 0 Å². The molecule has 1 aromatic rings. The highest BCUT2D eigenvalue weighted by Crippen LogP contribution is 2.24. The lowest BCUT2D eigenvalue weighted by Crippen LogP contribution is -2.26. The second kappa shape index (κ2) is 4.09. The zero-order valence-corrected chi connectivity index (χ0v) is 8.52. The average molecular weight is 193 g/mol. The molecule has 1 aromatic carbocycles. The molecule has 0 saturated carbocycles. The highest BCUT2D eigenvalue weighted by molar-refractivity contribution is 5.26. The number of hydrogen-bond acceptors (Lipinski definition) is 1. The fourth-order valence-corrected chi connectivity index (χ4v) is 2.10. The lowest BCUT2D eigenvalue weighted by atomic mass is 9.96. The Labute approximate surface area is 84.3 Å². The fourth-order valence-electron chi connectivity index (χ4n) is 2.10. The van der Waals surface area contributed by atoms with Gasteiger partial charge in [-0.05, 0) is 49.6 Å². The Bertz CT molecular complexity index is 296. The van der Waals surface area contributed by atoms with Gasteiger partial charge in [0.15, 0.2) is 0 Å². The number of benzene rings is 1. The normalized spacial score (nSPS) is 22.3. The van der Waals surface area contributed by atoms with Crippen LogP contribution in [0.4, 0.5) is 4.39 Å². The maximum Gasteiger partial charge on any atom is 0.123 e. The monoisotopic (exact) mass is 193 g/mol. The van der Waals surface area contributed by atoms with Gasteiger partial charge in [-0.15, -0.1) is 0 Å². The van der Waals surface area contributed by atoms with Gasteiger partial charge in [0.05, 0.1) is 0 Å². The summed E-state index contributed by atoms with van der Waals surface area (Å²) in [6.07, 6.45) is 3.61. The first-order valence-electron chi connectivity index (χ1n) is 5.26. The summed E-state index contributed by atoms with van der Waals surface area (Å²) in [7, 11) is 0. The summed E-state index contributed by atoms with van der Waals surface area (Å²) in [5, 5.41) is 3.42. The van der Waals surface area contributed by atoms with Crippen LogP contribution in [0, 0.1) is 12.7 Å². The van der Waals surface area contributed by atoms with E-state index in [9.17, 15) is 4.39 Å². The standard InChI is InChI=1S/C12H16FN/c1-9-6-10(8-11(13)7-9)12-4-2-3-5-14-12/h6-8,12,14H,2-5H2,1H3. The van der Waals surface area contributed by atoms with Crippen LogP contribution in [-0.4, -0.2) is 6.54 Å². The molecule has 1 heterocycles. The maximum absolute atomic E-state index is 13.2. The van der Waals surface area contributed by atoms with Crippen molar-refractivity contribution >= 4 is 0 Å². The van der Waals surface area contributed by atoms with Crippen molar-refractivity contribution < 1.29 is 4.39 Å². The van der Waals surface area contributed by atoms with E-state index in [1.54, 1.807) is 12.1 Å². The van der Waals surface area contributed by atoms with Gasteiger partial charge in [0.25, 0.3) is 0 Å². The van der Waals surface area contributed by atoms with Gasteiger partial charge in [-0.3, -0.25) is 0 Å². The molecular weight excluding hydrogens is 177 g/mol. The van der Waals surface area contributed by atoms with Crippen LogP contribution in [-0.2, 0) is 0 Å². The maximum atomic E-state index is 13.2. The van der Waals surface area contributed by atoms with Gasteiger partial charge in [-0.2, -0.15) is 0 Å². The summed E-state index contributed by atoms with van der Waals surface area (Å²) in [4.78, 5) is 0. The molecule has 1 N–H and O–H groups in total. The SMILES string of the molecule is Cc1cc(F)cc(C2CCCCN2)c1. The largest absolute Gasteiger partial charge is 0.310 e. The minimum Gasteiger partial charge on any atom is -0.310 e. The molecule has 0 aliphatic carbocycles. The molecule has 0 amide bonds. The van der Waals surface area contributed by atoms with Gasteiger partial charge in [0, 0.05) is 6.04 Å². The molecule has 0 aromatic heterocycles. The predicted molar refractivity (Wildman–Crippen MR) is 55.7 cm³/mol. The Hall–Kier alpha value is -0.890. The zero-order chi connectivity index (χ0) is 9.97. The second-order valence-electron chi connectivity index (χ2n) is 4.06. The molecule has 1 fully saturated rings. The molecule has 1 saturated heterocycles. The summed E-state index contributed by atoms with van der Waals surface area (Å²) < 4.78 is 13.2. The lowest BCUT2D eigenvalue weighted by molar-refractivity contribution is 0.411. The van der Waals surface area contributed by atoms with E-state index >= 15 is 0 Å². The molecule has 1 aliphatic rings. The van der Waals surface area contributed by atoms with E-state index in [2.05, 4.69) is 11.4 Å². The van der Waals surface area contributed by atoms with Crippen molar-refractivity contribution in [3.05, 3.63) is 35.1 Å². The average Bonchev–Trinajstić information content (AvgIpc) is 2.18. The van der Waals surface area contributed by atoms with Crippen molar-refractivity contribution in [2.24, 2.45) is 0 Å². The number of rotatable bonds is 1. The summed E-state index contributed by atoms with van der Waals surface area (Å²) in [5.41, 5.74) is 2.11. The number of hydrogen-bond donors (Lipinski definition) is 1. The second-order valence-corrected chi connectivity index (χ2v) is 4.06. The zero-order valence-electron chi connectivity index (χ0n) is 8.52. The molecule has 76 valence electrons. The quantitative estimate of drug-likeness (QED) is 0.723. The molecule has 1 nitrogen and oxygen atoms in total. The van der Waals surface area contributed by atoms with E-state index in [4.69, 9.17) is 0 Å². The molecule has 14 heavy (non-hydrogen) atoms. The Morgan fingerprint density at radius 1 is 1.29 bits per heavy atom. The molecule has 0 bridgehead atoms. The van der Waals surface area contributed by atoms with Crippen molar-refractivity contribution in [1.29, 1.82) is 0 Å². The molecule has 1 aliphatic heterocycles. The molecule has 2 heteroatoms. The van der Waals surface area contributed by atoms with Gasteiger partial charge in [-0.25, -0.2) is 4.39 Å². The Kier molecular flexibility index (Phi) is 2.82. The Balaban J connectivity index is 2.21. The first-order valence-corrected chi connectivity index (χ1v) is 5.26. The number of aryl methyl sites for hydroxylation is 1. The van der Waals surface area contributed by atoms with Crippen molar-refractivity contribution in [1.82, 2.24) is 5.32 Å². The van der Waals surface area contributed by atoms with E-state index in [-0.39, 0.29) is 5.82 Å².